The average Bonchev–Trinajstić information content (AvgIpc) is 2.15. The van der Waals surface area contributed by atoms with Crippen LogP contribution < -0.4 is 0 Å². The smallest absolute Gasteiger partial charge is 0.176 e. The van der Waals surface area contributed by atoms with Crippen molar-refractivity contribution in [3.05, 3.63) is 36.5 Å². The molecule has 0 spiro atoms. The topological polar surface area (TPSA) is 47.0 Å². The van der Waals surface area contributed by atoms with Crippen molar-refractivity contribution in [2.24, 2.45) is 0 Å². The Morgan fingerprint density at radius 3 is 2.64 bits per heavy atom. The number of hydrogen-bond acceptors (Lipinski definition) is 3. The average molecular weight is 207 g/mol. The molecule has 2 rings (SSSR count). The highest BCUT2D eigenvalue weighted by molar-refractivity contribution is 7.91. The summed E-state index contributed by atoms with van der Waals surface area (Å²) in [4.78, 5) is 4.43. The Labute approximate surface area is 82.3 Å². The van der Waals surface area contributed by atoms with Gasteiger partial charge in [0.1, 0.15) is 0 Å². The quantitative estimate of drug-likeness (QED) is 0.714. The number of fused-ring (bicyclic) bond motifs is 1. The van der Waals surface area contributed by atoms with E-state index in [1.54, 1.807) is 36.5 Å². The molecule has 0 N–H and O–H groups in total. The maximum atomic E-state index is 11.4. The molecule has 72 valence electrons. The fraction of sp³-hybridized carbons (Fsp3) is 0.100. The summed E-state index contributed by atoms with van der Waals surface area (Å²) >= 11 is 0. The van der Waals surface area contributed by atoms with Crippen molar-refractivity contribution in [3.63, 3.8) is 0 Å². The Kier molecular flexibility index (Phi) is 2.00. The maximum Gasteiger partial charge on any atom is 0.176 e. The number of rotatable bonds is 1. The van der Waals surface area contributed by atoms with Gasteiger partial charge in [0, 0.05) is 17.8 Å². The molecule has 4 heteroatoms. The van der Waals surface area contributed by atoms with Crippen molar-refractivity contribution in [2.45, 2.75) is 4.90 Å². The standard InChI is InChI=1S/C10H9NO2S/c1-14(12,13)10-6-2-5-9-8(10)4-3-7-11-9/h2-7H,1H3. The first kappa shape index (κ1) is 9.15. The summed E-state index contributed by atoms with van der Waals surface area (Å²) in [5.74, 6) is 0. The number of nitrogens with zero attached hydrogens (tertiary/aromatic N) is 1. The van der Waals surface area contributed by atoms with E-state index in [0.717, 1.165) is 0 Å². The van der Waals surface area contributed by atoms with E-state index in [2.05, 4.69) is 4.98 Å². The molecule has 1 aromatic carbocycles. The Morgan fingerprint density at radius 1 is 1.14 bits per heavy atom. The highest BCUT2D eigenvalue weighted by Crippen LogP contribution is 2.20. The fourth-order valence-corrected chi connectivity index (χ4v) is 2.30. The summed E-state index contributed by atoms with van der Waals surface area (Å²) in [5, 5.41) is 0.678. The van der Waals surface area contributed by atoms with Crippen LogP contribution in [0, 0.1) is 0 Å². The minimum atomic E-state index is -3.17. The lowest BCUT2D eigenvalue weighted by Gasteiger charge is -2.02. The molecule has 0 aliphatic rings. The largest absolute Gasteiger partial charge is 0.256 e. The van der Waals surface area contributed by atoms with Crippen LogP contribution in [0.25, 0.3) is 10.9 Å². The molecule has 0 aliphatic carbocycles. The number of sulfone groups is 1. The summed E-state index contributed by atoms with van der Waals surface area (Å²) in [7, 11) is -3.17. The van der Waals surface area contributed by atoms with E-state index in [9.17, 15) is 8.42 Å². The first-order valence-corrected chi connectivity index (χ1v) is 6.02. The van der Waals surface area contributed by atoms with Gasteiger partial charge < -0.3 is 0 Å². The van der Waals surface area contributed by atoms with Gasteiger partial charge in [0.05, 0.1) is 10.4 Å². The molecule has 0 atom stereocenters. The van der Waals surface area contributed by atoms with E-state index in [0.29, 0.717) is 15.8 Å². The van der Waals surface area contributed by atoms with Crippen LogP contribution in [0.15, 0.2) is 41.4 Å². The third-order valence-corrected chi connectivity index (χ3v) is 3.16. The van der Waals surface area contributed by atoms with Gasteiger partial charge in [0.25, 0.3) is 0 Å². The molecule has 1 aromatic heterocycles. The van der Waals surface area contributed by atoms with Crippen LogP contribution in [0.4, 0.5) is 0 Å². The lowest BCUT2D eigenvalue weighted by molar-refractivity contribution is 0.602. The lowest BCUT2D eigenvalue weighted by Crippen LogP contribution is -1.98. The van der Waals surface area contributed by atoms with E-state index >= 15 is 0 Å². The first-order valence-electron chi connectivity index (χ1n) is 4.13. The van der Waals surface area contributed by atoms with Gasteiger partial charge >= 0.3 is 0 Å². The van der Waals surface area contributed by atoms with Gasteiger partial charge in [-0.25, -0.2) is 8.42 Å². The van der Waals surface area contributed by atoms with Crippen LogP contribution in [0.1, 0.15) is 0 Å². The molecule has 0 bridgehead atoms. The van der Waals surface area contributed by atoms with Crippen LogP contribution in [0.3, 0.4) is 0 Å². The Balaban J connectivity index is 2.92. The van der Waals surface area contributed by atoms with E-state index < -0.39 is 9.84 Å². The van der Waals surface area contributed by atoms with Crippen LogP contribution in [-0.4, -0.2) is 19.7 Å². The van der Waals surface area contributed by atoms with Crippen molar-refractivity contribution in [3.8, 4) is 0 Å². The van der Waals surface area contributed by atoms with E-state index in [4.69, 9.17) is 0 Å². The van der Waals surface area contributed by atoms with Crippen molar-refractivity contribution in [1.82, 2.24) is 4.98 Å². The number of pyridine rings is 1. The zero-order chi connectivity index (χ0) is 10.2. The van der Waals surface area contributed by atoms with Crippen LogP contribution in [-0.2, 0) is 9.84 Å². The zero-order valence-electron chi connectivity index (χ0n) is 7.64. The highest BCUT2D eigenvalue weighted by atomic mass is 32.2. The lowest BCUT2D eigenvalue weighted by atomic mass is 10.2. The zero-order valence-corrected chi connectivity index (χ0v) is 8.45. The van der Waals surface area contributed by atoms with Gasteiger partial charge in [-0.2, -0.15) is 0 Å². The SMILES string of the molecule is CS(=O)(=O)c1cccc2ncccc12. The third kappa shape index (κ3) is 1.48. The van der Waals surface area contributed by atoms with Gasteiger partial charge in [-0.3, -0.25) is 4.98 Å². The van der Waals surface area contributed by atoms with Gasteiger partial charge in [0.2, 0.25) is 0 Å². The molecule has 3 nitrogen and oxygen atoms in total. The summed E-state index contributed by atoms with van der Waals surface area (Å²) in [5.41, 5.74) is 0.704. The van der Waals surface area contributed by atoms with Crippen molar-refractivity contribution in [1.29, 1.82) is 0 Å². The van der Waals surface area contributed by atoms with E-state index in [-0.39, 0.29) is 0 Å². The molecular weight excluding hydrogens is 198 g/mol. The van der Waals surface area contributed by atoms with Gasteiger partial charge in [0.15, 0.2) is 9.84 Å². The molecule has 0 radical (unpaired) electrons. The molecule has 0 aliphatic heterocycles. The number of aromatic nitrogens is 1. The van der Waals surface area contributed by atoms with Crippen molar-refractivity contribution in [2.75, 3.05) is 6.26 Å². The van der Waals surface area contributed by atoms with E-state index in [1.165, 1.54) is 6.26 Å². The molecule has 0 fully saturated rings. The molecule has 0 unspecified atom stereocenters. The predicted octanol–water partition coefficient (Wildman–Crippen LogP) is 1.64. The Bertz CT molecular complexity index is 570. The van der Waals surface area contributed by atoms with Crippen molar-refractivity contribution >= 4 is 20.7 Å². The number of benzene rings is 1. The molecule has 14 heavy (non-hydrogen) atoms. The predicted molar refractivity (Wildman–Crippen MR) is 54.9 cm³/mol. The summed E-state index contributed by atoms with van der Waals surface area (Å²) in [6.45, 7) is 0. The summed E-state index contributed by atoms with van der Waals surface area (Å²) in [6, 6.07) is 8.59. The highest BCUT2D eigenvalue weighted by Gasteiger charge is 2.10. The minimum absolute atomic E-state index is 0.336. The molecule has 2 aromatic rings. The van der Waals surface area contributed by atoms with Crippen molar-refractivity contribution < 1.29 is 8.42 Å². The second-order valence-electron chi connectivity index (χ2n) is 3.10. The van der Waals surface area contributed by atoms with Gasteiger partial charge in [-0.1, -0.05) is 6.07 Å². The van der Waals surface area contributed by atoms with Crippen LogP contribution in [0.5, 0.6) is 0 Å². The molecule has 0 amide bonds. The van der Waals surface area contributed by atoms with E-state index in [1.807, 2.05) is 0 Å². The Morgan fingerprint density at radius 2 is 1.93 bits per heavy atom. The van der Waals surface area contributed by atoms with Crippen LogP contribution >= 0.6 is 0 Å². The second kappa shape index (κ2) is 3.06. The fourth-order valence-electron chi connectivity index (χ4n) is 1.40. The maximum absolute atomic E-state index is 11.4. The first-order chi connectivity index (χ1) is 6.59. The molecule has 0 saturated heterocycles. The number of hydrogen-bond donors (Lipinski definition) is 0. The molecule has 1 heterocycles. The third-order valence-electron chi connectivity index (χ3n) is 2.01. The Hall–Kier alpha value is -1.42. The summed E-state index contributed by atoms with van der Waals surface area (Å²) < 4.78 is 22.8. The monoisotopic (exact) mass is 207 g/mol. The van der Waals surface area contributed by atoms with Gasteiger partial charge in [-0.15, -0.1) is 0 Å². The normalized spacial score (nSPS) is 11.8. The molecular formula is C10H9NO2S. The summed E-state index contributed by atoms with van der Waals surface area (Å²) in [6.07, 6.45) is 2.85. The van der Waals surface area contributed by atoms with Crippen LogP contribution in [0.2, 0.25) is 0 Å². The second-order valence-corrected chi connectivity index (χ2v) is 5.08. The van der Waals surface area contributed by atoms with Gasteiger partial charge in [-0.05, 0) is 24.3 Å². The minimum Gasteiger partial charge on any atom is -0.256 e. The molecule has 0 saturated carbocycles.